The van der Waals surface area contributed by atoms with Gasteiger partial charge in [0.1, 0.15) is 12.4 Å². The summed E-state index contributed by atoms with van der Waals surface area (Å²) in [6.07, 6.45) is 1.03. The number of sulfonamides is 1. The van der Waals surface area contributed by atoms with Gasteiger partial charge in [0.15, 0.2) is 0 Å². The minimum absolute atomic E-state index is 0.0355. The van der Waals surface area contributed by atoms with Gasteiger partial charge < -0.3 is 10.1 Å². The Morgan fingerprint density at radius 2 is 1.76 bits per heavy atom. The number of rotatable bonds is 10. The van der Waals surface area contributed by atoms with E-state index in [1.54, 1.807) is 24.3 Å². The van der Waals surface area contributed by atoms with Gasteiger partial charge in [-0.3, -0.25) is 19.2 Å². The van der Waals surface area contributed by atoms with Gasteiger partial charge in [0.2, 0.25) is 10.0 Å². The predicted octanol–water partition coefficient (Wildman–Crippen LogP) is 3.68. The van der Waals surface area contributed by atoms with Crippen molar-refractivity contribution in [1.29, 1.82) is 0 Å². The van der Waals surface area contributed by atoms with Crippen LogP contribution in [0.4, 0.5) is 11.4 Å². The van der Waals surface area contributed by atoms with E-state index in [0.29, 0.717) is 24.3 Å². The Labute approximate surface area is 198 Å². The lowest BCUT2D eigenvalue weighted by Crippen LogP contribution is -2.29. The van der Waals surface area contributed by atoms with Crippen molar-refractivity contribution in [2.45, 2.75) is 13.5 Å². The van der Waals surface area contributed by atoms with Crippen LogP contribution < -0.4 is 14.4 Å². The van der Waals surface area contributed by atoms with Gasteiger partial charge >= 0.3 is 0 Å². The molecule has 0 aromatic heterocycles. The van der Waals surface area contributed by atoms with E-state index in [1.807, 2.05) is 31.2 Å². The van der Waals surface area contributed by atoms with Crippen LogP contribution in [0.3, 0.4) is 0 Å². The summed E-state index contributed by atoms with van der Waals surface area (Å²) in [4.78, 5) is 22.9. The summed E-state index contributed by atoms with van der Waals surface area (Å²) >= 11 is 0. The van der Waals surface area contributed by atoms with E-state index in [2.05, 4.69) is 5.32 Å². The Hall–Kier alpha value is -3.92. The van der Waals surface area contributed by atoms with Crippen molar-refractivity contribution in [3.8, 4) is 5.75 Å². The van der Waals surface area contributed by atoms with Gasteiger partial charge in [-0.2, -0.15) is 0 Å². The number of hydrogen-bond donors (Lipinski definition) is 1. The first-order chi connectivity index (χ1) is 16.1. The van der Waals surface area contributed by atoms with E-state index >= 15 is 0 Å². The number of amides is 1. The number of hydrogen-bond acceptors (Lipinski definition) is 6. The zero-order valence-electron chi connectivity index (χ0n) is 18.8. The number of nitrogens with zero attached hydrogens (tertiary/aromatic N) is 2. The second-order valence-electron chi connectivity index (χ2n) is 7.66. The van der Waals surface area contributed by atoms with E-state index < -0.39 is 14.9 Å². The normalized spacial score (nSPS) is 11.0. The van der Waals surface area contributed by atoms with Crippen LogP contribution in [0.15, 0.2) is 72.8 Å². The molecule has 10 heteroatoms. The summed E-state index contributed by atoms with van der Waals surface area (Å²) in [7, 11) is -3.71. The molecule has 34 heavy (non-hydrogen) atoms. The lowest BCUT2D eigenvalue weighted by Gasteiger charge is -2.22. The van der Waals surface area contributed by atoms with Crippen molar-refractivity contribution in [3.63, 3.8) is 0 Å². The third-order valence-electron chi connectivity index (χ3n) is 4.92. The van der Waals surface area contributed by atoms with Crippen LogP contribution in [0.5, 0.6) is 5.75 Å². The summed E-state index contributed by atoms with van der Waals surface area (Å²) in [6.45, 7) is 2.58. The number of aryl methyl sites for hydroxylation is 1. The van der Waals surface area contributed by atoms with Crippen LogP contribution in [0.25, 0.3) is 0 Å². The number of carbonyl (C=O) groups excluding carboxylic acids is 1. The van der Waals surface area contributed by atoms with E-state index in [1.165, 1.54) is 24.3 Å². The first kappa shape index (κ1) is 24.7. The number of nitro groups is 1. The van der Waals surface area contributed by atoms with Crippen molar-refractivity contribution in [1.82, 2.24) is 5.32 Å². The molecule has 0 aliphatic rings. The van der Waals surface area contributed by atoms with E-state index in [0.717, 1.165) is 21.9 Å². The van der Waals surface area contributed by atoms with Gasteiger partial charge in [-0.25, -0.2) is 8.42 Å². The lowest BCUT2D eigenvalue weighted by atomic mass is 10.1. The average Bonchev–Trinajstić information content (AvgIpc) is 2.80. The summed E-state index contributed by atoms with van der Waals surface area (Å²) in [5.74, 6) is 0.454. The zero-order chi connectivity index (χ0) is 24.7. The SMILES string of the molecule is Cc1cccc(OCCNC(=O)c2ccc(CN(c3cccc([N+](=O)[O-])c3)S(C)(=O)=O)cc2)c1. The van der Waals surface area contributed by atoms with Gasteiger partial charge in [-0.05, 0) is 48.4 Å². The maximum Gasteiger partial charge on any atom is 0.271 e. The number of anilines is 1. The van der Waals surface area contributed by atoms with Crippen molar-refractivity contribution < 1.29 is 22.9 Å². The van der Waals surface area contributed by atoms with E-state index in [4.69, 9.17) is 4.74 Å². The molecule has 0 spiro atoms. The highest BCUT2D eigenvalue weighted by molar-refractivity contribution is 7.92. The molecule has 3 aromatic carbocycles. The number of ether oxygens (including phenoxy) is 1. The molecule has 0 radical (unpaired) electrons. The van der Waals surface area contributed by atoms with E-state index in [-0.39, 0.29) is 23.8 Å². The molecule has 1 N–H and O–H groups in total. The molecule has 3 aromatic rings. The number of nitro benzene ring substituents is 1. The highest BCUT2D eigenvalue weighted by Crippen LogP contribution is 2.25. The number of benzene rings is 3. The number of carbonyl (C=O) groups is 1. The fourth-order valence-corrected chi connectivity index (χ4v) is 4.11. The maximum absolute atomic E-state index is 12.4. The molecule has 0 saturated carbocycles. The minimum Gasteiger partial charge on any atom is -0.492 e. The monoisotopic (exact) mass is 483 g/mol. The predicted molar refractivity (Wildman–Crippen MR) is 130 cm³/mol. The Bertz CT molecular complexity index is 1280. The molecule has 178 valence electrons. The molecule has 3 rings (SSSR count). The fraction of sp³-hybridized carbons (Fsp3) is 0.208. The molecular weight excluding hydrogens is 458 g/mol. The molecular formula is C24H25N3O6S. The molecule has 0 saturated heterocycles. The average molecular weight is 484 g/mol. The van der Waals surface area contributed by atoms with Gasteiger partial charge in [0.05, 0.1) is 30.0 Å². The van der Waals surface area contributed by atoms with Crippen LogP contribution in [0.2, 0.25) is 0 Å². The van der Waals surface area contributed by atoms with Gasteiger partial charge in [0.25, 0.3) is 11.6 Å². The zero-order valence-corrected chi connectivity index (χ0v) is 19.6. The molecule has 0 aliphatic heterocycles. The second kappa shape index (κ2) is 10.8. The Morgan fingerprint density at radius 3 is 2.41 bits per heavy atom. The van der Waals surface area contributed by atoms with Crippen molar-refractivity contribution in [2.24, 2.45) is 0 Å². The molecule has 0 fully saturated rings. The van der Waals surface area contributed by atoms with Crippen molar-refractivity contribution in [3.05, 3.63) is 99.6 Å². The van der Waals surface area contributed by atoms with Gasteiger partial charge in [-0.15, -0.1) is 0 Å². The molecule has 1 amide bonds. The Morgan fingerprint density at radius 1 is 1.06 bits per heavy atom. The molecule has 0 aliphatic carbocycles. The molecule has 0 heterocycles. The third kappa shape index (κ3) is 6.79. The van der Waals surface area contributed by atoms with Crippen molar-refractivity contribution >= 4 is 27.3 Å². The van der Waals surface area contributed by atoms with Crippen LogP contribution in [-0.4, -0.2) is 38.7 Å². The number of nitrogens with one attached hydrogen (secondary N) is 1. The van der Waals surface area contributed by atoms with Crippen LogP contribution in [0.1, 0.15) is 21.5 Å². The maximum atomic E-state index is 12.4. The minimum atomic E-state index is -3.71. The molecule has 0 atom stereocenters. The summed E-state index contributed by atoms with van der Waals surface area (Å²) < 4.78 is 31.4. The van der Waals surface area contributed by atoms with Crippen LogP contribution in [0, 0.1) is 17.0 Å². The van der Waals surface area contributed by atoms with Crippen LogP contribution in [-0.2, 0) is 16.6 Å². The third-order valence-corrected chi connectivity index (χ3v) is 6.06. The summed E-state index contributed by atoms with van der Waals surface area (Å²) in [5, 5.41) is 13.8. The van der Waals surface area contributed by atoms with Crippen LogP contribution >= 0.6 is 0 Å². The standard InChI is InChI=1S/C24H25N3O6S/c1-18-5-3-8-23(15-18)33-14-13-25-24(28)20-11-9-19(10-12-20)17-26(34(2,31)32)21-6-4-7-22(16-21)27(29)30/h3-12,15-16H,13-14,17H2,1-2H3,(H,25,28). The Balaban J connectivity index is 1.61. The van der Waals surface area contributed by atoms with Gasteiger partial charge in [0, 0.05) is 17.7 Å². The largest absolute Gasteiger partial charge is 0.492 e. The smallest absolute Gasteiger partial charge is 0.271 e. The second-order valence-corrected chi connectivity index (χ2v) is 9.57. The first-order valence-corrected chi connectivity index (χ1v) is 12.3. The van der Waals surface area contributed by atoms with Gasteiger partial charge in [-0.1, -0.05) is 30.3 Å². The summed E-state index contributed by atoms with van der Waals surface area (Å²) in [5.41, 5.74) is 2.11. The molecule has 9 nitrogen and oxygen atoms in total. The quantitative estimate of drug-likeness (QED) is 0.267. The van der Waals surface area contributed by atoms with E-state index in [9.17, 15) is 23.3 Å². The molecule has 0 bridgehead atoms. The first-order valence-electron chi connectivity index (χ1n) is 10.4. The highest BCUT2D eigenvalue weighted by Gasteiger charge is 2.20. The summed E-state index contributed by atoms with van der Waals surface area (Å²) in [6, 6.07) is 19.5. The molecule has 0 unspecified atom stereocenters. The highest BCUT2D eigenvalue weighted by atomic mass is 32.2. The van der Waals surface area contributed by atoms with Crippen molar-refractivity contribution in [2.75, 3.05) is 23.7 Å². The Kier molecular flexibility index (Phi) is 7.85. The number of non-ortho nitro benzene ring substituents is 1. The lowest BCUT2D eigenvalue weighted by molar-refractivity contribution is -0.384. The topological polar surface area (TPSA) is 119 Å². The fourth-order valence-electron chi connectivity index (χ4n) is 3.23.